The van der Waals surface area contributed by atoms with E-state index in [2.05, 4.69) is 0 Å². The number of aliphatic hydroxyl groups is 1. The highest BCUT2D eigenvalue weighted by atomic mass is 16.3. The molecule has 58 valence electrons. The van der Waals surface area contributed by atoms with Gasteiger partial charge in [0.25, 0.3) is 0 Å². The van der Waals surface area contributed by atoms with Crippen molar-refractivity contribution in [2.45, 2.75) is 13.5 Å². The lowest BCUT2D eigenvalue weighted by molar-refractivity contribution is 0.281. The molecule has 3 nitrogen and oxygen atoms in total. The van der Waals surface area contributed by atoms with E-state index >= 15 is 0 Å². The van der Waals surface area contributed by atoms with Crippen molar-refractivity contribution >= 4 is 0 Å². The largest absolute Gasteiger partial charge is 0.392 e. The predicted molar refractivity (Wildman–Crippen MR) is 40.8 cm³/mol. The first-order valence-corrected chi connectivity index (χ1v) is 3.37. The number of hydrogen-bond acceptors (Lipinski definition) is 2. The molecule has 0 atom stereocenters. The molecule has 11 heavy (non-hydrogen) atoms. The van der Waals surface area contributed by atoms with Gasteiger partial charge in [-0.25, -0.2) is 0 Å². The summed E-state index contributed by atoms with van der Waals surface area (Å²) in [5.74, 6) is 0. The lowest BCUT2D eigenvalue weighted by Crippen LogP contribution is -1.94. The van der Waals surface area contributed by atoms with E-state index in [1.807, 2.05) is 20.0 Å². The van der Waals surface area contributed by atoms with Gasteiger partial charge in [-0.2, -0.15) is 5.26 Å². The molecule has 1 heterocycles. The summed E-state index contributed by atoms with van der Waals surface area (Å²) in [5, 5.41) is 17.4. The van der Waals surface area contributed by atoms with Crippen molar-refractivity contribution < 1.29 is 5.11 Å². The summed E-state index contributed by atoms with van der Waals surface area (Å²) in [5.41, 5.74) is 2.36. The van der Waals surface area contributed by atoms with E-state index in [9.17, 15) is 0 Å². The maximum absolute atomic E-state index is 8.83. The number of aliphatic hydroxyl groups excluding tert-OH is 1. The molecule has 0 unspecified atom stereocenters. The first-order valence-electron chi connectivity index (χ1n) is 3.37. The minimum atomic E-state index is 0.00134. The fourth-order valence-electron chi connectivity index (χ4n) is 1.03. The van der Waals surface area contributed by atoms with Crippen LogP contribution in [0.4, 0.5) is 0 Å². The van der Waals surface area contributed by atoms with E-state index in [-0.39, 0.29) is 6.61 Å². The molecule has 0 saturated carbocycles. The zero-order valence-corrected chi connectivity index (χ0v) is 6.63. The molecule has 0 spiro atoms. The monoisotopic (exact) mass is 150 g/mol. The highest BCUT2D eigenvalue weighted by Crippen LogP contribution is 2.12. The Kier molecular flexibility index (Phi) is 1.97. The molecule has 0 aliphatic heterocycles. The third-order valence-electron chi connectivity index (χ3n) is 1.93. The van der Waals surface area contributed by atoms with Gasteiger partial charge in [0.15, 0.2) is 0 Å². The molecule has 1 aromatic heterocycles. The maximum atomic E-state index is 8.83. The Morgan fingerprint density at radius 1 is 1.73 bits per heavy atom. The van der Waals surface area contributed by atoms with Crippen molar-refractivity contribution in [3.63, 3.8) is 0 Å². The van der Waals surface area contributed by atoms with Crippen LogP contribution in [0.5, 0.6) is 0 Å². The summed E-state index contributed by atoms with van der Waals surface area (Å²) >= 11 is 0. The summed E-state index contributed by atoms with van der Waals surface area (Å²) in [6.07, 6.45) is 0. The Hall–Kier alpha value is -1.27. The molecular formula is C8H10N2O. The molecule has 0 amide bonds. The number of nitriles is 1. The highest BCUT2D eigenvalue weighted by Gasteiger charge is 2.06. The van der Waals surface area contributed by atoms with Crippen LogP contribution in [0, 0.1) is 18.3 Å². The standard InChI is InChI=1S/C8H10N2O/c1-6-7(5-11)3-8(4-9)10(6)2/h3,11H,5H2,1-2H3. The van der Waals surface area contributed by atoms with Crippen LogP contribution in [0.15, 0.2) is 6.07 Å². The third kappa shape index (κ3) is 1.13. The lowest BCUT2D eigenvalue weighted by Gasteiger charge is -1.97. The Labute approximate surface area is 65.5 Å². The maximum Gasteiger partial charge on any atom is 0.120 e. The quantitative estimate of drug-likeness (QED) is 0.640. The molecule has 3 heteroatoms. The van der Waals surface area contributed by atoms with Gasteiger partial charge < -0.3 is 9.67 Å². The fraction of sp³-hybridized carbons (Fsp3) is 0.375. The molecular weight excluding hydrogens is 140 g/mol. The Balaban J connectivity index is 3.26. The summed E-state index contributed by atoms with van der Waals surface area (Å²) in [6.45, 7) is 1.88. The average molecular weight is 150 g/mol. The van der Waals surface area contributed by atoms with E-state index < -0.39 is 0 Å². The van der Waals surface area contributed by atoms with Crippen LogP contribution in [0.25, 0.3) is 0 Å². The lowest BCUT2D eigenvalue weighted by atomic mass is 10.2. The molecule has 0 bridgehead atoms. The number of nitrogens with zero attached hydrogens (tertiary/aromatic N) is 2. The van der Waals surface area contributed by atoms with Crippen molar-refractivity contribution in [3.05, 3.63) is 23.0 Å². The minimum absolute atomic E-state index is 0.00134. The van der Waals surface area contributed by atoms with Gasteiger partial charge in [0.05, 0.1) is 6.61 Å². The highest BCUT2D eigenvalue weighted by molar-refractivity contribution is 5.33. The molecule has 1 N–H and O–H groups in total. The van der Waals surface area contributed by atoms with Gasteiger partial charge in [0.1, 0.15) is 11.8 Å². The third-order valence-corrected chi connectivity index (χ3v) is 1.93. The van der Waals surface area contributed by atoms with Crippen LogP contribution in [0.3, 0.4) is 0 Å². The zero-order chi connectivity index (χ0) is 8.43. The fourth-order valence-corrected chi connectivity index (χ4v) is 1.03. The van der Waals surface area contributed by atoms with Crippen molar-refractivity contribution in [1.29, 1.82) is 5.26 Å². The molecule has 0 saturated heterocycles. The normalized spacial score (nSPS) is 9.64. The second-order valence-corrected chi connectivity index (χ2v) is 2.47. The summed E-state index contributed by atoms with van der Waals surface area (Å²) in [6, 6.07) is 3.75. The number of rotatable bonds is 1. The molecule has 1 aromatic rings. The minimum Gasteiger partial charge on any atom is -0.392 e. The molecule has 0 aliphatic rings. The predicted octanol–water partition coefficient (Wildman–Crippen LogP) is 0.698. The van der Waals surface area contributed by atoms with Crippen LogP contribution in [-0.4, -0.2) is 9.67 Å². The number of aromatic nitrogens is 1. The summed E-state index contributed by atoms with van der Waals surface area (Å²) < 4.78 is 1.77. The van der Waals surface area contributed by atoms with Crippen molar-refractivity contribution in [1.82, 2.24) is 4.57 Å². The molecule has 0 fully saturated rings. The molecule has 0 aromatic carbocycles. The molecule has 0 aliphatic carbocycles. The van der Waals surface area contributed by atoms with Crippen molar-refractivity contribution in [2.24, 2.45) is 7.05 Å². The summed E-state index contributed by atoms with van der Waals surface area (Å²) in [7, 11) is 1.81. The molecule has 0 radical (unpaired) electrons. The van der Waals surface area contributed by atoms with Crippen LogP contribution in [-0.2, 0) is 13.7 Å². The van der Waals surface area contributed by atoms with Gasteiger partial charge in [-0.3, -0.25) is 0 Å². The van der Waals surface area contributed by atoms with Gasteiger partial charge >= 0.3 is 0 Å². The SMILES string of the molecule is Cc1c(CO)cc(C#N)n1C. The van der Waals surface area contributed by atoms with Crippen LogP contribution in [0.2, 0.25) is 0 Å². The Morgan fingerprint density at radius 2 is 2.36 bits per heavy atom. The van der Waals surface area contributed by atoms with E-state index in [4.69, 9.17) is 10.4 Å². The molecule has 1 rings (SSSR count). The summed E-state index contributed by atoms with van der Waals surface area (Å²) in [4.78, 5) is 0. The zero-order valence-electron chi connectivity index (χ0n) is 6.63. The first-order chi connectivity index (χ1) is 5.20. The van der Waals surface area contributed by atoms with E-state index in [0.29, 0.717) is 5.69 Å². The number of hydrogen-bond donors (Lipinski definition) is 1. The Morgan fingerprint density at radius 3 is 2.64 bits per heavy atom. The van der Waals surface area contributed by atoms with E-state index in [0.717, 1.165) is 11.3 Å². The van der Waals surface area contributed by atoms with Crippen molar-refractivity contribution in [2.75, 3.05) is 0 Å². The van der Waals surface area contributed by atoms with E-state index in [1.54, 1.807) is 10.6 Å². The second kappa shape index (κ2) is 2.77. The van der Waals surface area contributed by atoms with Gasteiger partial charge in [-0.05, 0) is 18.6 Å². The van der Waals surface area contributed by atoms with Gasteiger partial charge in [-0.1, -0.05) is 0 Å². The van der Waals surface area contributed by atoms with Crippen molar-refractivity contribution in [3.8, 4) is 6.07 Å². The average Bonchev–Trinajstić information content (AvgIpc) is 2.30. The smallest absolute Gasteiger partial charge is 0.120 e. The van der Waals surface area contributed by atoms with Crippen LogP contribution < -0.4 is 0 Å². The second-order valence-electron chi connectivity index (χ2n) is 2.47. The Bertz CT molecular complexity index is 307. The van der Waals surface area contributed by atoms with Gasteiger partial charge in [-0.15, -0.1) is 0 Å². The van der Waals surface area contributed by atoms with Crippen LogP contribution in [0.1, 0.15) is 17.0 Å². The van der Waals surface area contributed by atoms with E-state index in [1.165, 1.54) is 0 Å². The van der Waals surface area contributed by atoms with Gasteiger partial charge in [0.2, 0.25) is 0 Å². The van der Waals surface area contributed by atoms with Gasteiger partial charge in [0, 0.05) is 12.7 Å². The van der Waals surface area contributed by atoms with Crippen LogP contribution >= 0.6 is 0 Å². The first kappa shape index (κ1) is 7.83. The topological polar surface area (TPSA) is 48.9 Å².